The van der Waals surface area contributed by atoms with Crippen LogP contribution in [0.1, 0.15) is 31.1 Å². The number of anilines is 1. The number of nitrogens with zero attached hydrogens (tertiary/aromatic N) is 2. The number of benzene rings is 1. The van der Waals surface area contributed by atoms with Crippen LogP contribution in [0.4, 0.5) is 10.5 Å². The molecule has 0 saturated heterocycles. The van der Waals surface area contributed by atoms with Crippen molar-refractivity contribution in [2.75, 3.05) is 11.9 Å². The van der Waals surface area contributed by atoms with Crippen molar-refractivity contribution in [3.05, 3.63) is 53.9 Å². The normalized spacial score (nSPS) is 17.4. The van der Waals surface area contributed by atoms with Gasteiger partial charge in [-0.15, -0.1) is 0 Å². The smallest absolute Gasteiger partial charge is 0.322 e. The van der Waals surface area contributed by atoms with Gasteiger partial charge in [-0.2, -0.15) is 0 Å². The van der Waals surface area contributed by atoms with Crippen LogP contribution in [0.5, 0.6) is 0 Å². The Hall–Kier alpha value is -2.23. The molecule has 0 spiro atoms. The van der Waals surface area contributed by atoms with Gasteiger partial charge >= 0.3 is 6.03 Å². The number of hydrogen-bond acceptors (Lipinski definition) is 1. The molecule has 1 aromatic heterocycles. The van der Waals surface area contributed by atoms with Gasteiger partial charge in [0.2, 0.25) is 0 Å². The lowest BCUT2D eigenvalue weighted by molar-refractivity contribution is 0.175. The highest BCUT2D eigenvalue weighted by Gasteiger charge is 2.27. The fourth-order valence-corrected chi connectivity index (χ4v) is 2.88. The summed E-state index contributed by atoms with van der Waals surface area (Å²) in [7, 11) is 0. The predicted molar refractivity (Wildman–Crippen MR) is 84.4 cm³/mol. The zero-order chi connectivity index (χ0) is 14.8. The van der Waals surface area contributed by atoms with E-state index in [4.69, 9.17) is 0 Å². The first-order chi connectivity index (χ1) is 10.2. The molecular weight excluding hydrogens is 262 g/mol. The molecule has 4 heteroatoms. The lowest BCUT2D eigenvalue weighted by Crippen LogP contribution is -2.42. The van der Waals surface area contributed by atoms with Crippen molar-refractivity contribution in [1.29, 1.82) is 0 Å². The molecule has 3 rings (SSSR count). The van der Waals surface area contributed by atoms with Crippen molar-refractivity contribution in [2.24, 2.45) is 0 Å². The second-order valence-electron chi connectivity index (χ2n) is 5.48. The molecule has 0 aliphatic carbocycles. The Balaban J connectivity index is 1.71. The molecule has 0 radical (unpaired) electrons. The van der Waals surface area contributed by atoms with Crippen LogP contribution in [0.15, 0.2) is 42.6 Å². The molecular formula is C17H21N3O. The molecule has 21 heavy (non-hydrogen) atoms. The van der Waals surface area contributed by atoms with Crippen molar-refractivity contribution in [3.8, 4) is 0 Å². The number of aryl methyl sites for hydroxylation is 1. The monoisotopic (exact) mass is 283 g/mol. The number of nitrogens with one attached hydrogen (secondary N) is 1. The van der Waals surface area contributed by atoms with E-state index in [-0.39, 0.29) is 12.1 Å². The standard InChI is InChI=1S/C17H21N3O/c1-3-14-6-8-15(9-7-14)18-17(21)20-12-11-19-10-4-5-16(19)13(20)2/h4-10,13H,3,11-12H2,1-2H3,(H,18,21)/t13-/m1/s1. The maximum Gasteiger partial charge on any atom is 0.322 e. The highest BCUT2D eigenvalue weighted by molar-refractivity contribution is 5.89. The van der Waals surface area contributed by atoms with Crippen molar-refractivity contribution in [3.63, 3.8) is 0 Å². The van der Waals surface area contributed by atoms with E-state index in [0.717, 1.165) is 25.2 Å². The van der Waals surface area contributed by atoms with E-state index in [1.165, 1.54) is 11.3 Å². The first kappa shape index (κ1) is 13.7. The Labute approximate surface area is 125 Å². The summed E-state index contributed by atoms with van der Waals surface area (Å²) in [6.07, 6.45) is 3.08. The molecule has 0 bridgehead atoms. The zero-order valence-corrected chi connectivity index (χ0v) is 12.5. The van der Waals surface area contributed by atoms with Crippen LogP contribution >= 0.6 is 0 Å². The Kier molecular flexibility index (Phi) is 3.69. The maximum absolute atomic E-state index is 12.5. The van der Waals surface area contributed by atoms with Gasteiger partial charge in [0, 0.05) is 30.7 Å². The Morgan fingerprint density at radius 2 is 2.00 bits per heavy atom. The quantitative estimate of drug-likeness (QED) is 0.897. The van der Waals surface area contributed by atoms with Crippen molar-refractivity contribution < 1.29 is 4.79 Å². The fraction of sp³-hybridized carbons (Fsp3) is 0.353. The number of aromatic nitrogens is 1. The Bertz CT molecular complexity index is 630. The number of rotatable bonds is 2. The largest absolute Gasteiger partial charge is 0.348 e. The second kappa shape index (κ2) is 5.64. The van der Waals surface area contributed by atoms with Crippen molar-refractivity contribution >= 4 is 11.7 Å². The number of urea groups is 1. The van der Waals surface area contributed by atoms with Gasteiger partial charge in [0.1, 0.15) is 0 Å². The van der Waals surface area contributed by atoms with E-state index >= 15 is 0 Å². The molecule has 1 atom stereocenters. The van der Waals surface area contributed by atoms with Gasteiger partial charge < -0.3 is 14.8 Å². The van der Waals surface area contributed by atoms with E-state index in [1.807, 2.05) is 23.1 Å². The minimum atomic E-state index is -0.0285. The van der Waals surface area contributed by atoms with Crippen molar-refractivity contribution in [2.45, 2.75) is 32.9 Å². The average molecular weight is 283 g/mol. The van der Waals surface area contributed by atoms with Crippen LogP contribution in [-0.4, -0.2) is 22.0 Å². The molecule has 1 aliphatic heterocycles. The molecule has 0 unspecified atom stereocenters. The molecule has 2 aromatic rings. The second-order valence-corrected chi connectivity index (χ2v) is 5.48. The van der Waals surface area contributed by atoms with Crippen LogP contribution in [0, 0.1) is 0 Å². The molecule has 110 valence electrons. The van der Waals surface area contributed by atoms with E-state index < -0.39 is 0 Å². The van der Waals surface area contributed by atoms with Gasteiger partial charge in [-0.1, -0.05) is 19.1 Å². The van der Waals surface area contributed by atoms with E-state index in [9.17, 15) is 4.79 Å². The third kappa shape index (κ3) is 2.66. The Morgan fingerprint density at radius 3 is 2.71 bits per heavy atom. The molecule has 1 aliphatic rings. The minimum absolute atomic E-state index is 0.0285. The molecule has 1 aromatic carbocycles. The van der Waals surface area contributed by atoms with Gasteiger partial charge in [-0.3, -0.25) is 0 Å². The maximum atomic E-state index is 12.5. The summed E-state index contributed by atoms with van der Waals surface area (Å²) in [4.78, 5) is 14.4. The summed E-state index contributed by atoms with van der Waals surface area (Å²) in [6, 6.07) is 12.2. The molecule has 2 heterocycles. The third-order valence-electron chi connectivity index (χ3n) is 4.22. The summed E-state index contributed by atoms with van der Waals surface area (Å²) < 4.78 is 2.21. The van der Waals surface area contributed by atoms with Gasteiger partial charge in [0.25, 0.3) is 0 Å². The van der Waals surface area contributed by atoms with Crippen LogP contribution in [0.3, 0.4) is 0 Å². The average Bonchev–Trinajstić information content (AvgIpc) is 2.98. The van der Waals surface area contributed by atoms with Crippen LogP contribution in [-0.2, 0) is 13.0 Å². The summed E-state index contributed by atoms with van der Waals surface area (Å²) in [6.45, 7) is 5.79. The lowest BCUT2D eigenvalue weighted by atomic mass is 10.1. The Morgan fingerprint density at radius 1 is 1.24 bits per heavy atom. The van der Waals surface area contributed by atoms with E-state index in [0.29, 0.717) is 0 Å². The number of carbonyl (C=O) groups excluding carboxylic acids is 1. The lowest BCUT2D eigenvalue weighted by Gasteiger charge is -2.34. The molecule has 0 saturated carbocycles. The third-order valence-corrected chi connectivity index (χ3v) is 4.22. The number of hydrogen-bond donors (Lipinski definition) is 1. The number of carbonyl (C=O) groups is 1. The van der Waals surface area contributed by atoms with Gasteiger partial charge in [-0.05, 0) is 43.2 Å². The zero-order valence-electron chi connectivity index (χ0n) is 12.5. The molecule has 2 amide bonds. The van der Waals surface area contributed by atoms with Crippen LogP contribution < -0.4 is 5.32 Å². The molecule has 4 nitrogen and oxygen atoms in total. The molecule has 1 N–H and O–H groups in total. The number of fused-ring (bicyclic) bond motifs is 1. The molecule has 0 fully saturated rings. The van der Waals surface area contributed by atoms with Gasteiger partial charge in [0.05, 0.1) is 6.04 Å². The number of amides is 2. The summed E-state index contributed by atoms with van der Waals surface area (Å²) in [5, 5.41) is 2.99. The fourth-order valence-electron chi connectivity index (χ4n) is 2.88. The predicted octanol–water partition coefficient (Wildman–Crippen LogP) is 3.66. The van der Waals surface area contributed by atoms with Gasteiger partial charge in [0.15, 0.2) is 0 Å². The van der Waals surface area contributed by atoms with Gasteiger partial charge in [-0.25, -0.2) is 4.79 Å². The van der Waals surface area contributed by atoms with Crippen LogP contribution in [0.25, 0.3) is 0 Å². The minimum Gasteiger partial charge on any atom is -0.348 e. The van der Waals surface area contributed by atoms with Crippen molar-refractivity contribution in [1.82, 2.24) is 9.47 Å². The highest BCUT2D eigenvalue weighted by atomic mass is 16.2. The first-order valence-electron chi connectivity index (χ1n) is 7.50. The highest BCUT2D eigenvalue weighted by Crippen LogP contribution is 2.26. The van der Waals surface area contributed by atoms with E-state index in [1.54, 1.807) is 0 Å². The topological polar surface area (TPSA) is 37.3 Å². The van der Waals surface area contributed by atoms with Crippen LogP contribution in [0.2, 0.25) is 0 Å². The summed E-state index contributed by atoms with van der Waals surface area (Å²) >= 11 is 0. The van der Waals surface area contributed by atoms with E-state index in [2.05, 4.69) is 48.1 Å². The first-order valence-corrected chi connectivity index (χ1v) is 7.50. The summed E-state index contributed by atoms with van der Waals surface area (Å²) in [5.41, 5.74) is 3.32. The SMILES string of the molecule is CCc1ccc(NC(=O)N2CCn3cccc3[C@H]2C)cc1. The summed E-state index contributed by atoms with van der Waals surface area (Å²) in [5.74, 6) is 0.